The fraction of sp³-hybridized carbons (Fsp3) is 0.700. The molecule has 1 aliphatic carbocycles. The van der Waals surface area contributed by atoms with Gasteiger partial charge in [0, 0.05) is 23.7 Å². The summed E-state index contributed by atoms with van der Waals surface area (Å²) in [7, 11) is 0. The molecule has 1 N–H and O–H groups in total. The first-order valence-electron chi connectivity index (χ1n) is 5.06. The van der Waals surface area contributed by atoms with E-state index >= 15 is 0 Å². The van der Waals surface area contributed by atoms with Gasteiger partial charge in [0.2, 0.25) is 0 Å². The van der Waals surface area contributed by atoms with E-state index in [1.54, 1.807) is 11.3 Å². The minimum atomic E-state index is 0.760. The minimum Gasteiger partial charge on any atom is -0.309 e. The van der Waals surface area contributed by atoms with Crippen LogP contribution in [0, 0.1) is 0 Å². The van der Waals surface area contributed by atoms with Crippen molar-refractivity contribution in [3.63, 3.8) is 0 Å². The molecule has 0 atom stereocenters. The molecule has 1 fully saturated rings. The second kappa shape index (κ2) is 4.72. The smallest absolute Gasteiger partial charge is 0.0794 e. The van der Waals surface area contributed by atoms with Crippen LogP contribution < -0.4 is 5.32 Å². The summed E-state index contributed by atoms with van der Waals surface area (Å²) >= 11 is 1.74. The van der Waals surface area contributed by atoms with Gasteiger partial charge in [0.15, 0.2) is 0 Å². The summed E-state index contributed by atoms with van der Waals surface area (Å²) < 4.78 is 0. The predicted molar refractivity (Wildman–Crippen MR) is 55.8 cm³/mol. The van der Waals surface area contributed by atoms with E-state index < -0.39 is 0 Å². The van der Waals surface area contributed by atoms with Gasteiger partial charge in [-0.1, -0.05) is 19.3 Å². The molecule has 1 heterocycles. The van der Waals surface area contributed by atoms with Crippen molar-refractivity contribution < 1.29 is 0 Å². The average molecular weight is 196 g/mol. The molecule has 1 aromatic rings. The Balaban J connectivity index is 1.72. The third-order valence-corrected chi connectivity index (χ3v) is 3.43. The maximum atomic E-state index is 4.06. The zero-order valence-electron chi connectivity index (χ0n) is 7.83. The van der Waals surface area contributed by atoms with E-state index in [4.69, 9.17) is 0 Å². The number of hydrogen-bond acceptors (Lipinski definition) is 3. The molecule has 0 amide bonds. The summed E-state index contributed by atoms with van der Waals surface area (Å²) in [6.45, 7) is 1.01. The Morgan fingerprint density at radius 3 is 2.92 bits per heavy atom. The Morgan fingerprint density at radius 2 is 2.23 bits per heavy atom. The van der Waals surface area contributed by atoms with Crippen molar-refractivity contribution in [3.05, 3.63) is 16.6 Å². The van der Waals surface area contributed by atoms with Gasteiger partial charge in [-0.2, -0.15) is 0 Å². The van der Waals surface area contributed by atoms with Gasteiger partial charge >= 0.3 is 0 Å². The molecular formula is C10H16N2S. The lowest BCUT2D eigenvalue weighted by Gasteiger charge is -2.22. The summed E-state index contributed by atoms with van der Waals surface area (Å²) in [5.74, 6) is 0. The van der Waals surface area contributed by atoms with Crippen LogP contribution in [0.15, 0.2) is 11.7 Å². The van der Waals surface area contributed by atoms with Crippen molar-refractivity contribution in [2.45, 2.75) is 44.7 Å². The first-order valence-corrected chi connectivity index (χ1v) is 5.94. The normalized spacial score (nSPS) is 19.1. The van der Waals surface area contributed by atoms with E-state index in [0.29, 0.717) is 0 Å². The van der Waals surface area contributed by atoms with Crippen LogP contribution in [0.1, 0.15) is 37.0 Å². The van der Waals surface area contributed by atoms with Crippen molar-refractivity contribution in [1.82, 2.24) is 10.3 Å². The topological polar surface area (TPSA) is 24.9 Å². The molecule has 72 valence electrons. The molecule has 2 rings (SSSR count). The number of thiazole rings is 1. The van der Waals surface area contributed by atoms with Gasteiger partial charge < -0.3 is 5.32 Å². The summed E-state index contributed by atoms with van der Waals surface area (Å²) in [4.78, 5) is 5.42. The summed E-state index contributed by atoms with van der Waals surface area (Å²) in [5.41, 5.74) is 1.90. The Kier molecular flexibility index (Phi) is 3.33. The van der Waals surface area contributed by atoms with Crippen LogP contribution in [0.5, 0.6) is 0 Å². The third-order valence-electron chi connectivity index (χ3n) is 2.65. The Bertz CT molecular complexity index is 227. The van der Waals surface area contributed by atoms with Crippen LogP contribution in [0.25, 0.3) is 0 Å². The van der Waals surface area contributed by atoms with E-state index in [2.05, 4.69) is 10.3 Å². The first-order chi connectivity index (χ1) is 6.45. The van der Waals surface area contributed by atoms with Crippen LogP contribution in [0.4, 0.5) is 0 Å². The fourth-order valence-electron chi connectivity index (χ4n) is 1.88. The lowest BCUT2D eigenvalue weighted by molar-refractivity contribution is 0.373. The van der Waals surface area contributed by atoms with Gasteiger partial charge in [0.05, 0.1) is 5.51 Å². The minimum absolute atomic E-state index is 0.760. The van der Waals surface area contributed by atoms with Crippen molar-refractivity contribution in [1.29, 1.82) is 0 Å². The van der Waals surface area contributed by atoms with E-state index in [0.717, 1.165) is 12.6 Å². The summed E-state index contributed by atoms with van der Waals surface area (Å²) in [5, 5.41) is 3.59. The Morgan fingerprint density at radius 1 is 1.38 bits per heavy atom. The van der Waals surface area contributed by atoms with Crippen LogP contribution in [0.3, 0.4) is 0 Å². The lowest BCUT2D eigenvalue weighted by atomic mass is 9.95. The maximum Gasteiger partial charge on any atom is 0.0794 e. The molecule has 0 radical (unpaired) electrons. The molecule has 1 saturated carbocycles. The largest absolute Gasteiger partial charge is 0.309 e. The first kappa shape index (κ1) is 9.16. The van der Waals surface area contributed by atoms with E-state index in [9.17, 15) is 0 Å². The highest BCUT2D eigenvalue weighted by Crippen LogP contribution is 2.18. The fourth-order valence-corrected chi connectivity index (χ4v) is 2.43. The molecule has 0 bridgehead atoms. The quantitative estimate of drug-likeness (QED) is 0.803. The zero-order chi connectivity index (χ0) is 8.93. The number of hydrogen-bond donors (Lipinski definition) is 1. The number of aromatic nitrogens is 1. The zero-order valence-corrected chi connectivity index (χ0v) is 8.65. The van der Waals surface area contributed by atoms with Crippen LogP contribution in [-0.4, -0.2) is 11.0 Å². The van der Waals surface area contributed by atoms with Crippen LogP contribution >= 0.6 is 11.3 Å². The predicted octanol–water partition coefficient (Wildman–Crippen LogP) is 2.57. The van der Waals surface area contributed by atoms with E-state index in [1.165, 1.54) is 37.0 Å². The Labute approximate surface area is 83.4 Å². The summed E-state index contributed by atoms with van der Waals surface area (Å²) in [6.07, 6.45) is 8.91. The molecule has 3 heteroatoms. The highest BCUT2D eigenvalue weighted by atomic mass is 32.1. The van der Waals surface area contributed by atoms with Crippen molar-refractivity contribution in [2.24, 2.45) is 0 Å². The molecule has 0 aliphatic heterocycles. The maximum absolute atomic E-state index is 4.06. The molecule has 13 heavy (non-hydrogen) atoms. The second-order valence-corrected chi connectivity index (χ2v) is 4.65. The molecule has 0 spiro atoms. The van der Waals surface area contributed by atoms with Crippen molar-refractivity contribution >= 4 is 11.3 Å². The average Bonchev–Trinajstić information content (AvgIpc) is 2.69. The van der Waals surface area contributed by atoms with Gasteiger partial charge in [-0.05, 0) is 12.8 Å². The molecule has 0 unspecified atom stereocenters. The molecule has 0 saturated heterocycles. The second-order valence-electron chi connectivity index (χ2n) is 3.68. The van der Waals surface area contributed by atoms with Gasteiger partial charge in [-0.25, -0.2) is 0 Å². The van der Waals surface area contributed by atoms with Crippen LogP contribution in [0.2, 0.25) is 0 Å². The van der Waals surface area contributed by atoms with E-state index in [-0.39, 0.29) is 0 Å². The highest BCUT2D eigenvalue weighted by Gasteiger charge is 2.12. The van der Waals surface area contributed by atoms with E-state index in [1.807, 2.05) is 11.7 Å². The Hall–Kier alpha value is -0.410. The van der Waals surface area contributed by atoms with Gasteiger partial charge in [-0.3, -0.25) is 4.98 Å². The van der Waals surface area contributed by atoms with Crippen molar-refractivity contribution in [3.8, 4) is 0 Å². The summed E-state index contributed by atoms with van der Waals surface area (Å²) in [6, 6.07) is 0.760. The number of nitrogens with zero attached hydrogens (tertiary/aromatic N) is 1. The monoisotopic (exact) mass is 196 g/mol. The van der Waals surface area contributed by atoms with Gasteiger partial charge in [-0.15, -0.1) is 11.3 Å². The molecule has 2 nitrogen and oxygen atoms in total. The molecule has 0 aromatic carbocycles. The molecular weight excluding hydrogens is 180 g/mol. The number of nitrogens with one attached hydrogen (secondary N) is 1. The molecule has 1 aliphatic rings. The lowest BCUT2D eigenvalue weighted by Crippen LogP contribution is -2.30. The van der Waals surface area contributed by atoms with Gasteiger partial charge in [0.25, 0.3) is 0 Å². The van der Waals surface area contributed by atoms with Crippen molar-refractivity contribution in [2.75, 3.05) is 0 Å². The van der Waals surface area contributed by atoms with Gasteiger partial charge in [0.1, 0.15) is 0 Å². The SMILES string of the molecule is c1ncc(CNC2CCCCC2)s1. The molecule has 1 aromatic heterocycles. The third kappa shape index (κ3) is 2.78. The number of rotatable bonds is 3. The van der Waals surface area contributed by atoms with Crippen LogP contribution in [-0.2, 0) is 6.54 Å². The standard InChI is InChI=1S/C10H16N2S/c1-2-4-9(5-3-1)12-7-10-6-11-8-13-10/h6,8-9,12H,1-5,7H2. The highest BCUT2D eigenvalue weighted by molar-refractivity contribution is 7.09.